The number of hydrogen-bond acceptors (Lipinski definition) is 4. The minimum atomic E-state index is -0.476. The molecule has 0 spiro atoms. The third-order valence-corrected chi connectivity index (χ3v) is 3.11. The Morgan fingerprint density at radius 3 is 2.76 bits per heavy atom. The molecule has 108 valence electrons. The van der Waals surface area contributed by atoms with E-state index in [1.54, 1.807) is 18.2 Å². The number of anilines is 1. The molecule has 1 heterocycles. The van der Waals surface area contributed by atoms with Crippen molar-refractivity contribution >= 4 is 28.9 Å². The zero-order chi connectivity index (χ0) is 15.4. The van der Waals surface area contributed by atoms with Gasteiger partial charge in [-0.15, -0.1) is 0 Å². The Morgan fingerprint density at radius 2 is 2.14 bits per heavy atom. The van der Waals surface area contributed by atoms with Crippen molar-refractivity contribution in [2.75, 3.05) is 5.32 Å². The van der Waals surface area contributed by atoms with Crippen LogP contribution in [0.3, 0.4) is 0 Å². The van der Waals surface area contributed by atoms with Gasteiger partial charge in [0.15, 0.2) is 0 Å². The van der Waals surface area contributed by atoms with Crippen LogP contribution in [0.15, 0.2) is 36.5 Å². The molecule has 0 saturated carbocycles. The summed E-state index contributed by atoms with van der Waals surface area (Å²) in [7, 11) is 0. The average Bonchev–Trinajstić information content (AvgIpc) is 2.47. The van der Waals surface area contributed by atoms with Gasteiger partial charge in [0.2, 0.25) is 0 Å². The summed E-state index contributed by atoms with van der Waals surface area (Å²) in [5.41, 5.74) is 1.07. The van der Waals surface area contributed by atoms with Crippen molar-refractivity contribution in [3.63, 3.8) is 0 Å². The third kappa shape index (κ3) is 3.55. The minimum absolute atomic E-state index is 0.0191. The van der Waals surface area contributed by atoms with E-state index in [1.807, 2.05) is 6.92 Å². The molecule has 2 rings (SSSR count). The van der Waals surface area contributed by atoms with E-state index in [0.717, 1.165) is 0 Å². The van der Waals surface area contributed by atoms with Crippen LogP contribution in [0.5, 0.6) is 0 Å². The molecule has 7 heteroatoms. The number of aromatic nitrogens is 1. The molecule has 0 atom stereocenters. The first kappa shape index (κ1) is 14.9. The lowest BCUT2D eigenvalue weighted by Gasteiger charge is -2.06. The van der Waals surface area contributed by atoms with Crippen molar-refractivity contribution in [1.82, 2.24) is 4.98 Å². The number of nitrogens with one attached hydrogen (secondary N) is 1. The van der Waals surface area contributed by atoms with Crippen LogP contribution in [-0.2, 0) is 6.42 Å². The Balaban J connectivity index is 2.25. The highest BCUT2D eigenvalue weighted by Crippen LogP contribution is 2.24. The van der Waals surface area contributed by atoms with Gasteiger partial charge in [0.05, 0.1) is 4.92 Å². The number of hydrogen-bond donors (Lipinski definition) is 1. The monoisotopic (exact) mass is 305 g/mol. The van der Waals surface area contributed by atoms with Crippen LogP contribution in [0.4, 0.5) is 11.4 Å². The number of pyridine rings is 1. The van der Waals surface area contributed by atoms with Crippen molar-refractivity contribution in [2.24, 2.45) is 0 Å². The lowest BCUT2D eigenvalue weighted by molar-refractivity contribution is -0.385. The van der Waals surface area contributed by atoms with E-state index < -0.39 is 10.8 Å². The molecule has 6 nitrogen and oxygen atoms in total. The number of nitro benzene ring substituents is 1. The van der Waals surface area contributed by atoms with Crippen molar-refractivity contribution in [3.8, 4) is 0 Å². The molecule has 0 unspecified atom stereocenters. The van der Waals surface area contributed by atoms with Gasteiger partial charge in [0, 0.05) is 28.5 Å². The Morgan fingerprint density at radius 1 is 1.38 bits per heavy atom. The molecule has 2 aromatic rings. The molecule has 0 radical (unpaired) electrons. The molecule has 0 aliphatic carbocycles. The second-order valence-electron chi connectivity index (χ2n) is 4.27. The molecule has 1 aromatic carbocycles. The highest BCUT2D eigenvalue weighted by atomic mass is 35.5. The van der Waals surface area contributed by atoms with E-state index in [1.165, 1.54) is 18.3 Å². The quantitative estimate of drug-likeness (QED) is 0.692. The maximum atomic E-state index is 12.0. The fourth-order valence-corrected chi connectivity index (χ4v) is 1.99. The van der Waals surface area contributed by atoms with E-state index in [4.69, 9.17) is 11.6 Å². The van der Waals surface area contributed by atoms with Gasteiger partial charge < -0.3 is 5.32 Å². The number of carbonyl (C=O) groups is 1. The van der Waals surface area contributed by atoms with E-state index in [2.05, 4.69) is 10.3 Å². The fourth-order valence-electron chi connectivity index (χ4n) is 1.83. The van der Waals surface area contributed by atoms with Crippen LogP contribution in [0.25, 0.3) is 0 Å². The summed E-state index contributed by atoms with van der Waals surface area (Å²) in [6.07, 6.45) is 1.96. The van der Waals surface area contributed by atoms with Gasteiger partial charge in [-0.05, 0) is 24.6 Å². The first-order valence-corrected chi connectivity index (χ1v) is 6.59. The molecule has 1 amide bonds. The number of amides is 1. The molecular formula is C14H12ClN3O3. The molecule has 0 bridgehead atoms. The molecular weight excluding hydrogens is 294 g/mol. The highest BCUT2D eigenvalue weighted by Gasteiger charge is 2.15. The van der Waals surface area contributed by atoms with Crippen LogP contribution in [0.1, 0.15) is 23.0 Å². The van der Waals surface area contributed by atoms with Gasteiger partial charge in [-0.1, -0.05) is 24.6 Å². The van der Waals surface area contributed by atoms with Crippen molar-refractivity contribution in [2.45, 2.75) is 13.3 Å². The SMILES string of the molecule is CCc1ccc(NC(=O)c2cc(Cl)ccn2)cc1[N+](=O)[O-]. The maximum Gasteiger partial charge on any atom is 0.274 e. The van der Waals surface area contributed by atoms with Crippen LogP contribution in [0.2, 0.25) is 5.02 Å². The summed E-state index contributed by atoms with van der Waals surface area (Å²) in [6, 6.07) is 7.56. The number of nitro groups is 1. The smallest absolute Gasteiger partial charge is 0.274 e. The molecule has 0 saturated heterocycles. The van der Waals surface area contributed by atoms with Gasteiger partial charge in [0.1, 0.15) is 5.69 Å². The van der Waals surface area contributed by atoms with Crippen LogP contribution in [0, 0.1) is 10.1 Å². The molecule has 21 heavy (non-hydrogen) atoms. The predicted molar refractivity (Wildman–Crippen MR) is 79.7 cm³/mol. The van der Waals surface area contributed by atoms with Crippen LogP contribution < -0.4 is 5.32 Å². The van der Waals surface area contributed by atoms with Gasteiger partial charge >= 0.3 is 0 Å². The van der Waals surface area contributed by atoms with E-state index in [9.17, 15) is 14.9 Å². The summed E-state index contributed by atoms with van der Waals surface area (Å²) in [4.78, 5) is 26.4. The molecule has 1 aromatic heterocycles. The topological polar surface area (TPSA) is 85.1 Å². The summed E-state index contributed by atoms with van der Waals surface area (Å²) in [5.74, 6) is -0.476. The van der Waals surface area contributed by atoms with Crippen LogP contribution in [-0.4, -0.2) is 15.8 Å². The zero-order valence-corrected chi connectivity index (χ0v) is 11.9. The number of rotatable bonds is 4. The molecule has 0 aliphatic heterocycles. The lowest BCUT2D eigenvalue weighted by Crippen LogP contribution is -2.13. The first-order valence-electron chi connectivity index (χ1n) is 6.21. The van der Waals surface area contributed by atoms with Crippen molar-refractivity contribution < 1.29 is 9.72 Å². The number of halogens is 1. The van der Waals surface area contributed by atoms with Gasteiger partial charge in [-0.2, -0.15) is 0 Å². The molecule has 0 fully saturated rings. The predicted octanol–water partition coefficient (Wildman–Crippen LogP) is 3.46. The Hall–Kier alpha value is -2.47. The summed E-state index contributed by atoms with van der Waals surface area (Å²) in [6.45, 7) is 1.83. The van der Waals surface area contributed by atoms with Gasteiger partial charge in [-0.3, -0.25) is 19.9 Å². The van der Waals surface area contributed by atoms with Crippen molar-refractivity contribution in [3.05, 3.63) is 62.9 Å². The second-order valence-corrected chi connectivity index (χ2v) is 4.70. The Bertz CT molecular complexity index is 704. The molecule has 1 N–H and O–H groups in total. The van der Waals surface area contributed by atoms with E-state index in [0.29, 0.717) is 22.7 Å². The summed E-state index contributed by atoms with van der Waals surface area (Å²) >= 11 is 5.79. The van der Waals surface area contributed by atoms with E-state index >= 15 is 0 Å². The van der Waals surface area contributed by atoms with Gasteiger partial charge in [0.25, 0.3) is 11.6 Å². The Labute approximate surface area is 125 Å². The zero-order valence-electron chi connectivity index (χ0n) is 11.2. The van der Waals surface area contributed by atoms with E-state index in [-0.39, 0.29) is 11.4 Å². The average molecular weight is 306 g/mol. The van der Waals surface area contributed by atoms with Crippen molar-refractivity contribution in [1.29, 1.82) is 0 Å². The third-order valence-electron chi connectivity index (χ3n) is 2.88. The first-order chi connectivity index (χ1) is 10.0. The highest BCUT2D eigenvalue weighted by molar-refractivity contribution is 6.30. The minimum Gasteiger partial charge on any atom is -0.320 e. The standard InChI is InChI=1S/C14H12ClN3O3/c1-2-9-3-4-11(8-13(9)18(20)21)17-14(19)12-7-10(15)5-6-16-12/h3-8H,2H2,1H3,(H,17,19). The summed E-state index contributed by atoms with van der Waals surface area (Å²) < 4.78 is 0. The number of carbonyl (C=O) groups excluding carboxylic acids is 1. The maximum absolute atomic E-state index is 12.0. The normalized spacial score (nSPS) is 10.2. The largest absolute Gasteiger partial charge is 0.320 e. The fraction of sp³-hybridized carbons (Fsp3) is 0.143. The second kappa shape index (κ2) is 6.32. The molecule has 0 aliphatic rings. The number of benzene rings is 1. The van der Waals surface area contributed by atoms with Crippen LogP contribution >= 0.6 is 11.6 Å². The number of aryl methyl sites for hydroxylation is 1. The van der Waals surface area contributed by atoms with Gasteiger partial charge in [-0.25, -0.2) is 0 Å². The number of nitrogens with zero attached hydrogens (tertiary/aromatic N) is 2. The lowest BCUT2D eigenvalue weighted by atomic mass is 10.1. The summed E-state index contributed by atoms with van der Waals surface area (Å²) in [5, 5.41) is 14.0. The Kier molecular flexibility index (Phi) is 4.49.